The molecular formula is C24H31NO3S. The van der Waals surface area contributed by atoms with Crippen LogP contribution in [0, 0.1) is 0 Å². The van der Waals surface area contributed by atoms with Crippen molar-refractivity contribution >= 4 is 28.2 Å². The van der Waals surface area contributed by atoms with Gasteiger partial charge >= 0.3 is 5.97 Å². The molecule has 4 nitrogen and oxygen atoms in total. The molecule has 1 atom stereocenters. The van der Waals surface area contributed by atoms with Crippen LogP contribution in [0.25, 0.3) is 0 Å². The van der Waals surface area contributed by atoms with Gasteiger partial charge < -0.3 is 10.1 Å². The quantitative estimate of drug-likeness (QED) is 0.365. The lowest BCUT2D eigenvalue weighted by atomic mass is 10.0. The molecular weight excluding hydrogens is 382 g/mol. The Morgan fingerprint density at radius 2 is 1.93 bits per heavy atom. The molecule has 0 spiro atoms. The lowest BCUT2D eigenvalue weighted by Gasteiger charge is -2.07. The van der Waals surface area contributed by atoms with Gasteiger partial charge in [0.15, 0.2) is 0 Å². The molecule has 0 saturated heterocycles. The van der Waals surface area contributed by atoms with Crippen LogP contribution in [-0.4, -0.2) is 18.5 Å². The third-order valence-corrected chi connectivity index (χ3v) is 5.90. The molecule has 1 aromatic carbocycles. The van der Waals surface area contributed by atoms with E-state index in [9.17, 15) is 9.59 Å². The summed E-state index contributed by atoms with van der Waals surface area (Å²) in [6.45, 7) is 8.43. The summed E-state index contributed by atoms with van der Waals surface area (Å²) in [7, 11) is 0. The predicted octanol–water partition coefficient (Wildman–Crippen LogP) is 6.35. The van der Waals surface area contributed by atoms with Crippen LogP contribution >= 0.6 is 11.3 Å². The van der Waals surface area contributed by atoms with Gasteiger partial charge in [0.25, 0.3) is 0 Å². The Balaban J connectivity index is 2.09. The Bertz CT molecular complexity index is 835. The van der Waals surface area contributed by atoms with Crippen molar-refractivity contribution in [3.63, 3.8) is 0 Å². The average molecular weight is 414 g/mol. The minimum Gasteiger partial charge on any atom is -0.462 e. The van der Waals surface area contributed by atoms with Gasteiger partial charge in [0, 0.05) is 11.3 Å². The number of hydrogen-bond donors (Lipinski definition) is 1. The molecule has 1 amide bonds. The highest BCUT2D eigenvalue weighted by atomic mass is 32.1. The van der Waals surface area contributed by atoms with Gasteiger partial charge in [-0.3, -0.25) is 4.79 Å². The zero-order valence-corrected chi connectivity index (χ0v) is 18.6. The van der Waals surface area contributed by atoms with Crippen LogP contribution in [0.2, 0.25) is 0 Å². The number of esters is 1. The lowest BCUT2D eigenvalue weighted by Crippen LogP contribution is -2.14. The third kappa shape index (κ3) is 7.50. The molecule has 1 aromatic heterocycles. The highest BCUT2D eigenvalue weighted by molar-refractivity contribution is 7.16. The molecule has 2 aromatic rings. The summed E-state index contributed by atoms with van der Waals surface area (Å²) in [5, 5.41) is 3.53. The van der Waals surface area contributed by atoms with Crippen LogP contribution in [0.1, 0.15) is 73.7 Å². The maximum Gasteiger partial charge on any atom is 0.341 e. The Hall–Kier alpha value is -2.40. The molecule has 0 fully saturated rings. The molecule has 0 unspecified atom stereocenters. The van der Waals surface area contributed by atoms with Crippen LogP contribution < -0.4 is 5.32 Å². The summed E-state index contributed by atoms with van der Waals surface area (Å²) in [5.74, 6) is -0.173. The van der Waals surface area contributed by atoms with Crippen LogP contribution in [0.4, 0.5) is 5.00 Å². The SMILES string of the molecule is CCOC(=O)c1cc([C@@H](C)CCC=C(C)C)sc1NC(=O)CCc1ccccc1. The van der Waals surface area contributed by atoms with Crippen molar-refractivity contribution in [3.05, 3.63) is 64.1 Å². The summed E-state index contributed by atoms with van der Waals surface area (Å²) < 4.78 is 5.19. The standard InChI is InChI=1S/C24H31NO3S/c1-5-28-24(27)20-16-21(18(4)11-9-10-17(2)3)29-23(20)25-22(26)15-14-19-12-7-6-8-13-19/h6-8,10,12-13,16,18H,5,9,11,14-15H2,1-4H3,(H,25,26)/t18-/m0/s1. The van der Waals surface area contributed by atoms with E-state index in [-0.39, 0.29) is 11.9 Å². The van der Waals surface area contributed by atoms with Crippen LogP contribution in [0.3, 0.4) is 0 Å². The topological polar surface area (TPSA) is 55.4 Å². The highest BCUT2D eigenvalue weighted by Crippen LogP contribution is 2.35. The van der Waals surface area contributed by atoms with Crippen molar-refractivity contribution in [1.82, 2.24) is 0 Å². The van der Waals surface area contributed by atoms with E-state index in [0.29, 0.717) is 35.9 Å². The second kappa shape index (κ2) is 11.6. The normalized spacial score (nSPS) is 11.6. The number of anilines is 1. The number of nitrogens with one attached hydrogen (secondary N) is 1. The van der Waals surface area contributed by atoms with Crippen LogP contribution in [0.5, 0.6) is 0 Å². The van der Waals surface area contributed by atoms with E-state index in [1.165, 1.54) is 16.9 Å². The molecule has 0 aliphatic carbocycles. The number of aryl methyl sites for hydroxylation is 1. The van der Waals surface area contributed by atoms with Gasteiger partial charge in [-0.1, -0.05) is 48.9 Å². The largest absolute Gasteiger partial charge is 0.462 e. The Kier molecular flexibility index (Phi) is 9.13. The number of amides is 1. The molecule has 0 saturated carbocycles. The summed E-state index contributed by atoms with van der Waals surface area (Å²) in [4.78, 5) is 26.0. The minimum absolute atomic E-state index is 0.0926. The second-order valence-electron chi connectivity index (χ2n) is 7.41. The number of ether oxygens (including phenoxy) is 1. The van der Waals surface area contributed by atoms with Crippen molar-refractivity contribution in [2.75, 3.05) is 11.9 Å². The van der Waals surface area contributed by atoms with E-state index in [2.05, 4.69) is 32.2 Å². The Labute approximate surface area is 178 Å². The number of allylic oxidation sites excluding steroid dienone is 2. The van der Waals surface area contributed by atoms with Crippen LogP contribution in [-0.2, 0) is 16.0 Å². The number of carbonyl (C=O) groups excluding carboxylic acids is 2. The number of benzene rings is 1. The van der Waals surface area contributed by atoms with Gasteiger partial charge in [0.1, 0.15) is 5.00 Å². The first-order chi connectivity index (χ1) is 13.9. The monoisotopic (exact) mass is 413 g/mol. The first kappa shape index (κ1) is 22.9. The molecule has 5 heteroatoms. The molecule has 0 bridgehead atoms. The number of hydrogen-bond acceptors (Lipinski definition) is 4. The Morgan fingerprint density at radius 1 is 1.21 bits per heavy atom. The van der Waals surface area contributed by atoms with E-state index >= 15 is 0 Å². The summed E-state index contributed by atoms with van der Waals surface area (Å²) in [6.07, 6.45) is 5.25. The summed E-state index contributed by atoms with van der Waals surface area (Å²) in [6, 6.07) is 11.8. The molecule has 0 aliphatic rings. The maximum absolute atomic E-state index is 12.5. The highest BCUT2D eigenvalue weighted by Gasteiger charge is 2.21. The second-order valence-corrected chi connectivity index (χ2v) is 8.49. The van der Waals surface area contributed by atoms with Crippen LogP contribution in [0.15, 0.2) is 48.0 Å². The summed E-state index contributed by atoms with van der Waals surface area (Å²) in [5.41, 5.74) is 2.88. The smallest absolute Gasteiger partial charge is 0.341 e. The van der Waals surface area contributed by atoms with E-state index in [4.69, 9.17) is 4.74 Å². The lowest BCUT2D eigenvalue weighted by molar-refractivity contribution is -0.116. The van der Waals surface area contributed by atoms with Crippen molar-refractivity contribution in [1.29, 1.82) is 0 Å². The van der Waals surface area contributed by atoms with Crippen molar-refractivity contribution in [2.24, 2.45) is 0 Å². The van der Waals surface area contributed by atoms with Gasteiger partial charge in [0.05, 0.1) is 12.2 Å². The van der Waals surface area contributed by atoms with Gasteiger partial charge in [-0.25, -0.2) is 4.79 Å². The summed E-state index contributed by atoms with van der Waals surface area (Å²) >= 11 is 1.48. The maximum atomic E-state index is 12.5. The molecule has 1 heterocycles. The Morgan fingerprint density at radius 3 is 2.59 bits per heavy atom. The van der Waals surface area contributed by atoms with E-state index in [1.807, 2.05) is 36.4 Å². The van der Waals surface area contributed by atoms with E-state index in [0.717, 1.165) is 23.3 Å². The van der Waals surface area contributed by atoms with Gasteiger partial charge in [-0.15, -0.1) is 11.3 Å². The fraction of sp³-hybridized carbons (Fsp3) is 0.417. The first-order valence-corrected chi connectivity index (χ1v) is 11.0. The first-order valence-electron chi connectivity index (χ1n) is 10.2. The minimum atomic E-state index is -0.384. The van der Waals surface area contributed by atoms with Crippen molar-refractivity contribution in [3.8, 4) is 0 Å². The molecule has 0 aliphatic heterocycles. The van der Waals surface area contributed by atoms with Gasteiger partial charge in [0.2, 0.25) is 5.91 Å². The van der Waals surface area contributed by atoms with Gasteiger partial charge in [-0.05, 0) is 57.6 Å². The number of thiophene rings is 1. The van der Waals surface area contributed by atoms with Crippen molar-refractivity contribution < 1.29 is 14.3 Å². The van der Waals surface area contributed by atoms with E-state index in [1.54, 1.807) is 6.92 Å². The fourth-order valence-electron chi connectivity index (χ4n) is 2.96. The third-order valence-electron chi connectivity index (χ3n) is 4.62. The molecule has 2 rings (SSSR count). The van der Waals surface area contributed by atoms with Gasteiger partial charge in [-0.2, -0.15) is 0 Å². The zero-order valence-electron chi connectivity index (χ0n) is 17.8. The zero-order chi connectivity index (χ0) is 21.2. The molecule has 156 valence electrons. The number of carbonyl (C=O) groups is 2. The van der Waals surface area contributed by atoms with Crippen molar-refractivity contribution in [2.45, 2.75) is 59.3 Å². The molecule has 29 heavy (non-hydrogen) atoms. The number of rotatable bonds is 10. The fourth-order valence-corrected chi connectivity index (χ4v) is 4.11. The van der Waals surface area contributed by atoms with E-state index < -0.39 is 0 Å². The average Bonchev–Trinajstić information content (AvgIpc) is 3.11. The molecule has 1 N–H and O–H groups in total. The predicted molar refractivity (Wildman–Crippen MR) is 121 cm³/mol. The molecule has 0 radical (unpaired) electrons.